The van der Waals surface area contributed by atoms with E-state index < -0.39 is 0 Å². The fourth-order valence-corrected chi connectivity index (χ4v) is 2.01. The maximum atomic E-state index is 12.5. The molecule has 5 heteroatoms. The summed E-state index contributed by atoms with van der Waals surface area (Å²) in [4.78, 5) is 12.5. The van der Waals surface area contributed by atoms with E-state index >= 15 is 0 Å². The lowest BCUT2D eigenvalue weighted by Crippen LogP contribution is -2.03. The molecule has 21 heavy (non-hydrogen) atoms. The summed E-state index contributed by atoms with van der Waals surface area (Å²) in [6, 6.07) is 5.24. The summed E-state index contributed by atoms with van der Waals surface area (Å²) in [6.45, 7) is 7.59. The van der Waals surface area contributed by atoms with E-state index in [2.05, 4.69) is 5.10 Å². The second-order valence-corrected chi connectivity index (χ2v) is 4.44. The Morgan fingerprint density at radius 2 is 1.81 bits per heavy atom. The average Bonchev–Trinajstić information content (AvgIpc) is 2.98. The third-order valence-corrected chi connectivity index (χ3v) is 3.03. The lowest BCUT2D eigenvalue weighted by molar-refractivity contribution is 0.103. The Hall–Kier alpha value is -2.30. The Labute approximate surface area is 124 Å². The molecule has 0 fully saturated rings. The van der Waals surface area contributed by atoms with Crippen molar-refractivity contribution in [3.63, 3.8) is 0 Å². The number of ether oxygens (including phenoxy) is 2. The largest absolute Gasteiger partial charge is 0.490 e. The summed E-state index contributed by atoms with van der Waals surface area (Å²) in [5, 5.41) is 4.13. The van der Waals surface area contributed by atoms with Crippen molar-refractivity contribution in [2.24, 2.45) is 0 Å². The Kier molecular flexibility index (Phi) is 4.98. The van der Waals surface area contributed by atoms with E-state index in [1.807, 2.05) is 20.8 Å². The highest BCUT2D eigenvalue weighted by Gasteiger charge is 2.14. The molecule has 2 rings (SSSR count). The fourth-order valence-electron chi connectivity index (χ4n) is 2.01. The molecule has 1 heterocycles. The van der Waals surface area contributed by atoms with Gasteiger partial charge in [0.15, 0.2) is 17.3 Å². The van der Waals surface area contributed by atoms with E-state index in [0.29, 0.717) is 35.8 Å². The molecule has 1 aromatic heterocycles. The van der Waals surface area contributed by atoms with Crippen molar-refractivity contribution in [3.8, 4) is 11.5 Å². The molecule has 0 saturated carbocycles. The maximum Gasteiger partial charge on any atom is 0.196 e. The average molecular weight is 288 g/mol. The Morgan fingerprint density at radius 3 is 2.43 bits per heavy atom. The van der Waals surface area contributed by atoms with Crippen LogP contribution in [0.1, 0.15) is 36.7 Å². The van der Waals surface area contributed by atoms with Crippen molar-refractivity contribution >= 4 is 5.78 Å². The van der Waals surface area contributed by atoms with Gasteiger partial charge in [0.05, 0.1) is 25.0 Å². The molecule has 2 aromatic rings. The number of rotatable bonds is 7. The highest BCUT2D eigenvalue weighted by atomic mass is 16.5. The molecular weight excluding hydrogens is 268 g/mol. The topological polar surface area (TPSA) is 53.3 Å². The molecule has 0 spiro atoms. The molecular formula is C16H20N2O3. The first-order chi connectivity index (χ1) is 10.2. The summed E-state index contributed by atoms with van der Waals surface area (Å²) in [5.41, 5.74) is 1.14. The molecule has 0 saturated heterocycles. The van der Waals surface area contributed by atoms with Gasteiger partial charge in [0.2, 0.25) is 0 Å². The van der Waals surface area contributed by atoms with Gasteiger partial charge in [-0.1, -0.05) is 0 Å². The number of benzene rings is 1. The summed E-state index contributed by atoms with van der Waals surface area (Å²) < 4.78 is 12.8. The van der Waals surface area contributed by atoms with E-state index in [0.717, 1.165) is 6.54 Å². The van der Waals surface area contributed by atoms with Gasteiger partial charge in [-0.15, -0.1) is 0 Å². The molecule has 0 aliphatic heterocycles. The number of carbonyl (C=O) groups is 1. The summed E-state index contributed by atoms with van der Waals surface area (Å²) in [5.74, 6) is 1.17. The van der Waals surface area contributed by atoms with Crippen molar-refractivity contribution in [2.45, 2.75) is 27.3 Å². The molecule has 0 radical (unpaired) electrons. The third-order valence-electron chi connectivity index (χ3n) is 3.03. The van der Waals surface area contributed by atoms with Gasteiger partial charge in [0.25, 0.3) is 0 Å². The van der Waals surface area contributed by atoms with Crippen molar-refractivity contribution in [2.75, 3.05) is 13.2 Å². The quantitative estimate of drug-likeness (QED) is 0.735. The number of aryl methyl sites for hydroxylation is 1. The van der Waals surface area contributed by atoms with Gasteiger partial charge in [-0.2, -0.15) is 5.10 Å². The molecule has 0 amide bonds. The number of ketones is 1. The smallest absolute Gasteiger partial charge is 0.196 e. The first kappa shape index (κ1) is 15.1. The van der Waals surface area contributed by atoms with Crippen molar-refractivity contribution < 1.29 is 14.3 Å². The molecule has 0 atom stereocenters. The van der Waals surface area contributed by atoms with Crippen LogP contribution in [0.5, 0.6) is 11.5 Å². The number of hydrogen-bond acceptors (Lipinski definition) is 4. The first-order valence-electron chi connectivity index (χ1n) is 7.16. The zero-order valence-corrected chi connectivity index (χ0v) is 12.6. The highest BCUT2D eigenvalue weighted by Crippen LogP contribution is 2.29. The van der Waals surface area contributed by atoms with E-state index in [9.17, 15) is 4.79 Å². The highest BCUT2D eigenvalue weighted by molar-refractivity contribution is 6.09. The molecule has 0 aliphatic carbocycles. The Bertz CT molecular complexity index is 620. The van der Waals surface area contributed by atoms with Crippen LogP contribution in [0, 0.1) is 0 Å². The minimum atomic E-state index is -0.0706. The second-order valence-electron chi connectivity index (χ2n) is 4.44. The normalized spacial score (nSPS) is 10.4. The van der Waals surface area contributed by atoms with Crippen LogP contribution in [-0.4, -0.2) is 28.8 Å². The van der Waals surface area contributed by atoms with Crippen LogP contribution in [-0.2, 0) is 6.54 Å². The molecule has 5 nitrogen and oxygen atoms in total. The first-order valence-corrected chi connectivity index (χ1v) is 7.16. The van der Waals surface area contributed by atoms with E-state index in [4.69, 9.17) is 9.47 Å². The van der Waals surface area contributed by atoms with Gasteiger partial charge >= 0.3 is 0 Å². The van der Waals surface area contributed by atoms with Crippen LogP contribution in [0.3, 0.4) is 0 Å². The molecule has 112 valence electrons. The number of aromatic nitrogens is 2. The van der Waals surface area contributed by atoms with Crippen LogP contribution < -0.4 is 9.47 Å². The zero-order chi connectivity index (χ0) is 15.2. The van der Waals surface area contributed by atoms with Gasteiger partial charge in [0, 0.05) is 18.3 Å². The zero-order valence-electron chi connectivity index (χ0n) is 12.6. The Balaban J connectivity index is 2.30. The number of nitrogens with zero attached hydrogens (tertiary/aromatic N) is 2. The van der Waals surface area contributed by atoms with Gasteiger partial charge < -0.3 is 9.47 Å². The van der Waals surface area contributed by atoms with Crippen LogP contribution in [0.2, 0.25) is 0 Å². The number of hydrogen-bond donors (Lipinski definition) is 0. The summed E-state index contributed by atoms with van der Waals surface area (Å²) >= 11 is 0. The number of carbonyl (C=O) groups excluding carboxylic acids is 1. The lowest BCUT2D eigenvalue weighted by atomic mass is 10.1. The molecule has 0 N–H and O–H groups in total. The molecule has 0 bridgehead atoms. The predicted molar refractivity (Wildman–Crippen MR) is 80.1 cm³/mol. The maximum absolute atomic E-state index is 12.5. The van der Waals surface area contributed by atoms with Crippen LogP contribution >= 0.6 is 0 Å². The van der Waals surface area contributed by atoms with Gasteiger partial charge in [0.1, 0.15) is 0 Å². The minimum Gasteiger partial charge on any atom is -0.490 e. The SMILES string of the molecule is CCOc1ccc(C(=O)c2cnn(CC)c2)cc1OCC. The van der Waals surface area contributed by atoms with Crippen molar-refractivity contribution in [3.05, 3.63) is 41.7 Å². The van der Waals surface area contributed by atoms with Crippen LogP contribution in [0.4, 0.5) is 0 Å². The van der Waals surface area contributed by atoms with Crippen LogP contribution in [0.15, 0.2) is 30.6 Å². The molecule has 0 aliphatic rings. The molecule has 0 unspecified atom stereocenters. The van der Waals surface area contributed by atoms with Crippen LogP contribution in [0.25, 0.3) is 0 Å². The van der Waals surface area contributed by atoms with Gasteiger partial charge in [-0.3, -0.25) is 9.48 Å². The summed E-state index contributed by atoms with van der Waals surface area (Å²) in [7, 11) is 0. The van der Waals surface area contributed by atoms with E-state index in [-0.39, 0.29) is 5.78 Å². The second kappa shape index (κ2) is 6.92. The molecule has 1 aromatic carbocycles. The minimum absolute atomic E-state index is 0.0706. The van der Waals surface area contributed by atoms with Crippen molar-refractivity contribution in [1.29, 1.82) is 0 Å². The monoisotopic (exact) mass is 288 g/mol. The third kappa shape index (κ3) is 3.42. The van der Waals surface area contributed by atoms with E-state index in [1.165, 1.54) is 0 Å². The fraction of sp³-hybridized carbons (Fsp3) is 0.375. The standard InChI is InChI=1S/C16H20N2O3/c1-4-18-11-13(10-17-18)16(19)12-7-8-14(20-5-2)15(9-12)21-6-3/h7-11H,4-6H2,1-3H3. The Morgan fingerprint density at radius 1 is 1.10 bits per heavy atom. The van der Waals surface area contributed by atoms with E-state index in [1.54, 1.807) is 35.3 Å². The van der Waals surface area contributed by atoms with Crippen molar-refractivity contribution in [1.82, 2.24) is 9.78 Å². The lowest BCUT2D eigenvalue weighted by Gasteiger charge is -2.11. The predicted octanol–water partition coefficient (Wildman–Crippen LogP) is 2.93. The van der Waals surface area contributed by atoms with Gasteiger partial charge in [-0.25, -0.2) is 0 Å². The van der Waals surface area contributed by atoms with Gasteiger partial charge in [-0.05, 0) is 39.0 Å². The summed E-state index contributed by atoms with van der Waals surface area (Å²) in [6.07, 6.45) is 3.34.